The Morgan fingerprint density at radius 1 is 1.17 bits per heavy atom. The van der Waals surface area contributed by atoms with Gasteiger partial charge in [-0.2, -0.15) is 0 Å². The van der Waals surface area contributed by atoms with E-state index in [1.807, 2.05) is 30.3 Å². The lowest BCUT2D eigenvalue weighted by atomic mass is 9.95. The van der Waals surface area contributed by atoms with Crippen molar-refractivity contribution in [1.29, 1.82) is 0 Å². The standard InChI is InChI=1S/C25H28FNO7S/c1-15(28)27-20-22(33-24(35)31-18-11-9-17(26)10-12-18)21-19(14-30-25(2,3)34-21)32-23(20)29-13-16-7-5-4-6-8-16/h4-12,19-23H,13-14H2,1-3H3,(H,27,28)/t19-,20-,21-,22-,23+/m1/s1. The van der Waals surface area contributed by atoms with Crippen molar-refractivity contribution >= 4 is 23.4 Å². The molecule has 1 amide bonds. The van der Waals surface area contributed by atoms with Crippen molar-refractivity contribution in [1.82, 2.24) is 5.32 Å². The zero-order valence-electron chi connectivity index (χ0n) is 19.6. The minimum atomic E-state index is -0.913. The highest BCUT2D eigenvalue weighted by Gasteiger charge is 2.54. The molecule has 2 aromatic carbocycles. The molecule has 2 aromatic rings. The van der Waals surface area contributed by atoms with Crippen LogP contribution in [-0.2, 0) is 35.1 Å². The van der Waals surface area contributed by atoms with Crippen LogP contribution >= 0.6 is 12.2 Å². The van der Waals surface area contributed by atoms with Gasteiger partial charge in [0.2, 0.25) is 5.91 Å². The highest BCUT2D eigenvalue weighted by Crippen LogP contribution is 2.35. The molecule has 35 heavy (non-hydrogen) atoms. The van der Waals surface area contributed by atoms with Crippen molar-refractivity contribution < 1.29 is 37.6 Å². The van der Waals surface area contributed by atoms with Crippen LogP contribution in [0.15, 0.2) is 54.6 Å². The maximum absolute atomic E-state index is 13.3. The molecule has 0 spiro atoms. The van der Waals surface area contributed by atoms with E-state index in [4.69, 9.17) is 40.6 Å². The smallest absolute Gasteiger partial charge is 0.358 e. The van der Waals surface area contributed by atoms with E-state index in [0.717, 1.165) is 5.56 Å². The summed E-state index contributed by atoms with van der Waals surface area (Å²) in [5.74, 6) is -1.32. The summed E-state index contributed by atoms with van der Waals surface area (Å²) in [4.78, 5) is 12.1. The zero-order valence-corrected chi connectivity index (χ0v) is 20.5. The predicted molar refractivity (Wildman–Crippen MR) is 127 cm³/mol. The SMILES string of the molecule is CC(=O)N[C@H]1[C@@H](OCc2ccccc2)O[C@@H]2COC(C)(C)O[C@H]2[C@@H]1OC(=S)Oc1ccc(F)cc1. The average molecular weight is 506 g/mol. The molecule has 0 unspecified atom stereocenters. The third-order valence-electron chi connectivity index (χ3n) is 5.54. The summed E-state index contributed by atoms with van der Waals surface area (Å²) in [6.07, 6.45) is -2.91. The monoisotopic (exact) mass is 505 g/mol. The maximum Gasteiger partial charge on any atom is 0.358 e. The second kappa shape index (κ2) is 11.0. The molecule has 2 aliphatic rings. The molecular weight excluding hydrogens is 477 g/mol. The molecule has 0 aromatic heterocycles. The summed E-state index contributed by atoms with van der Waals surface area (Å²) in [7, 11) is 0. The van der Waals surface area contributed by atoms with Crippen LogP contribution < -0.4 is 10.1 Å². The number of nitrogens with one attached hydrogen (secondary N) is 1. The number of ether oxygens (including phenoxy) is 6. The van der Waals surface area contributed by atoms with E-state index in [0.29, 0.717) is 5.75 Å². The molecule has 0 saturated carbocycles. The van der Waals surface area contributed by atoms with Gasteiger partial charge in [-0.15, -0.1) is 0 Å². The molecular formula is C25H28FNO7S. The number of halogens is 1. The Morgan fingerprint density at radius 2 is 1.89 bits per heavy atom. The number of hydrogen-bond acceptors (Lipinski definition) is 8. The van der Waals surface area contributed by atoms with Crippen LogP contribution in [-0.4, -0.2) is 54.2 Å². The summed E-state index contributed by atoms with van der Waals surface area (Å²) in [5, 5.41) is 2.64. The van der Waals surface area contributed by atoms with E-state index in [1.165, 1.54) is 31.2 Å². The maximum atomic E-state index is 13.3. The zero-order chi connectivity index (χ0) is 25.0. The second-order valence-corrected chi connectivity index (χ2v) is 9.08. The van der Waals surface area contributed by atoms with Gasteiger partial charge in [-0.05, 0) is 43.7 Å². The van der Waals surface area contributed by atoms with Gasteiger partial charge in [0.1, 0.15) is 29.8 Å². The van der Waals surface area contributed by atoms with Crippen molar-refractivity contribution in [2.24, 2.45) is 0 Å². The van der Waals surface area contributed by atoms with Crippen LogP contribution in [0.1, 0.15) is 26.3 Å². The molecule has 8 nitrogen and oxygen atoms in total. The fraction of sp³-hybridized carbons (Fsp3) is 0.440. The average Bonchev–Trinajstić information content (AvgIpc) is 2.81. The Morgan fingerprint density at radius 3 is 2.57 bits per heavy atom. The largest absolute Gasteiger partial charge is 0.448 e. The van der Waals surface area contributed by atoms with Gasteiger partial charge < -0.3 is 33.7 Å². The molecule has 5 atom stereocenters. The molecule has 2 aliphatic heterocycles. The molecule has 2 heterocycles. The molecule has 4 rings (SSSR count). The van der Waals surface area contributed by atoms with E-state index in [9.17, 15) is 9.18 Å². The lowest BCUT2D eigenvalue weighted by Gasteiger charge is -2.50. The highest BCUT2D eigenvalue weighted by atomic mass is 32.1. The summed E-state index contributed by atoms with van der Waals surface area (Å²) in [5.41, 5.74) is 0.935. The third-order valence-corrected chi connectivity index (χ3v) is 5.72. The first-order valence-corrected chi connectivity index (χ1v) is 11.6. The molecule has 188 valence electrons. The number of thiocarbonyl (C=S) groups is 1. The van der Waals surface area contributed by atoms with Crippen molar-refractivity contribution in [3.8, 4) is 5.75 Å². The normalized spacial score (nSPS) is 27.4. The van der Waals surface area contributed by atoms with E-state index >= 15 is 0 Å². The Labute approximate surface area is 208 Å². The number of hydrogen-bond donors (Lipinski definition) is 1. The molecule has 2 saturated heterocycles. The van der Waals surface area contributed by atoms with Crippen LogP contribution in [0.3, 0.4) is 0 Å². The van der Waals surface area contributed by atoms with Gasteiger partial charge in [0.15, 0.2) is 18.2 Å². The van der Waals surface area contributed by atoms with Gasteiger partial charge in [-0.25, -0.2) is 4.39 Å². The fourth-order valence-electron chi connectivity index (χ4n) is 3.98. The van der Waals surface area contributed by atoms with Gasteiger partial charge in [0.25, 0.3) is 0 Å². The van der Waals surface area contributed by atoms with E-state index in [2.05, 4.69) is 5.32 Å². The molecule has 2 fully saturated rings. The van der Waals surface area contributed by atoms with Gasteiger partial charge >= 0.3 is 5.24 Å². The first-order valence-electron chi connectivity index (χ1n) is 11.2. The number of carbonyl (C=O) groups excluding carboxylic acids is 1. The molecule has 0 aliphatic carbocycles. The van der Waals surface area contributed by atoms with Crippen molar-refractivity contribution in [2.45, 2.75) is 63.8 Å². The van der Waals surface area contributed by atoms with Gasteiger partial charge in [-0.1, -0.05) is 30.3 Å². The molecule has 0 bridgehead atoms. The Balaban J connectivity index is 1.56. The molecule has 0 radical (unpaired) electrons. The number of amides is 1. The predicted octanol–water partition coefficient (Wildman–Crippen LogP) is 3.47. The Hall–Kier alpha value is -2.63. The lowest BCUT2D eigenvalue weighted by molar-refractivity contribution is -0.368. The number of carbonyl (C=O) groups is 1. The van der Waals surface area contributed by atoms with Crippen LogP contribution in [0.5, 0.6) is 5.75 Å². The van der Waals surface area contributed by atoms with E-state index in [1.54, 1.807) is 13.8 Å². The Kier molecular flexibility index (Phi) is 7.98. The second-order valence-electron chi connectivity index (χ2n) is 8.75. The van der Waals surface area contributed by atoms with Crippen LogP contribution in [0.4, 0.5) is 4.39 Å². The summed E-state index contributed by atoms with van der Waals surface area (Å²) in [6, 6.07) is 14.2. The van der Waals surface area contributed by atoms with Crippen LogP contribution in [0.25, 0.3) is 0 Å². The third kappa shape index (κ3) is 6.74. The minimum Gasteiger partial charge on any atom is -0.448 e. The Bertz CT molecular complexity index is 1020. The number of fused-ring (bicyclic) bond motifs is 1. The summed E-state index contributed by atoms with van der Waals surface area (Å²) < 4.78 is 49.0. The van der Waals surface area contributed by atoms with Gasteiger partial charge in [0, 0.05) is 19.1 Å². The molecule has 10 heteroatoms. The topological polar surface area (TPSA) is 84.5 Å². The highest BCUT2D eigenvalue weighted by molar-refractivity contribution is 7.79. The lowest BCUT2D eigenvalue weighted by Crippen LogP contribution is -2.69. The quantitative estimate of drug-likeness (QED) is 0.598. The number of rotatable bonds is 6. The van der Waals surface area contributed by atoms with Gasteiger partial charge in [0.05, 0.1) is 13.2 Å². The number of benzene rings is 2. The van der Waals surface area contributed by atoms with Gasteiger partial charge in [-0.3, -0.25) is 4.79 Å². The van der Waals surface area contributed by atoms with E-state index < -0.39 is 42.2 Å². The van der Waals surface area contributed by atoms with Crippen LogP contribution in [0.2, 0.25) is 0 Å². The fourth-order valence-corrected chi connectivity index (χ4v) is 4.19. The van der Waals surface area contributed by atoms with Crippen molar-refractivity contribution in [3.63, 3.8) is 0 Å². The van der Waals surface area contributed by atoms with E-state index in [-0.39, 0.29) is 24.4 Å². The first kappa shape index (κ1) is 25.5. The van der Waals surface area contributed by atoms with Crippen molar-refractivity contribution in [2.75, 3.05) is 6.61 Å². The van der Waals surface area contributed by atoms with Crippen molar-refractivity contribution in [3.05, 3.63) is 66.0 Å². The summed E-state index contributed by atoms with van der Waals surface area (Å²) in [6.45, 7) is 5.41. The summed E-state index contributed by atoms with van der Waals surface area (Å²) >= 11 is 5.33. The first-order chi connectivity index (χ1) is 16.7. The molecule has 1 N–H and O–H groups in total. The van der Waals surface area contributed by atoms with Crippen LogP contribution in [0, 0.1) is 5.82 Å². The minimum absolute atomic E-state index is 0.215.